The van der Waals surface area contributed by atoms with E-state index in [1.54, 1.807) is 0 Å². The molecular formula is C8H15BrO2Zn. The molecule has 0 aromatic rings. The number of ether oxygens (including phenoxy) is 1. The van der Waals surface area contributed by atoms with Crippen molar-refractivity contribution in [1.29, 1.82) is 0 Å². The van der Waals surface area contributed by atoms with E-state index in [2.05, 4.69) is 15.9 Å². The summed E-state index contributed by atoms with van der Waals surface area (Å²) in [5.41, 5.74) is 0. The number of carbonyl (C=O) groups is 1. The molecule has 0 atom stereocenters. The van der Waals surface area contributed by atoms with Crippen LogP contribution in [0.3, 0.4) is 0 Å². The zero-order valence-corrected chi connectivity index (χ0v) is 12.2. The van der Waals surface area contributed by atoms with Crippen molar-refractivity contribution in [3.8, 4) is 0 Å². The molecular weight excluding hydrogens is 273 g/mol. The van der Waals surface area contributed by atoms with Gasteiger partial charge in [0.25, 0.3) is 0 Å². The first kappa shape index (κ1) is 15.1. The van der Waals surface area contributed by atoms with E-state index in [4.69, 9.17) is 4.74 Å². The number of hydrogen-bond acceptors (Lipinski definition) is 2. The fourth-order valence-electron chi connectivity index (χ4n) is 0.766. The molecule has 2 nitrogen and oxygen atoms in total. The fourth-order valence-corrected chi connectivity index (χ4v) is 1.16. The van der Waals surface area contributed by atoms with E-state index in [-0.39, 0.29) is 25.4 Å². The number of alkyl halides is 1. The van der Waals surface area contributed by atoms with Crippen LogP contribution in [0.4, 0.5) is 0 Å². The number of unbranched alkanes of at least 4 members (excludes halogenated alkanes) is 3. The van der Waals surface area contributed by atoms with Gasteiger partial charge in [0.15, 0.2) is 0 Å². The maximum absolute atomic E-state index is 10.3. The van der Waals surface area contributed by atoms with Crippen LogP contribution in [0.15, 0.2) is 0 Å². The summed E-state index contributed by atoms with van der Waals surface area (Å²) < 4.78 is 4.77. The zero-order chi connectivity index (χ0) is 8.53. The Morgan fingerprint density at radius 1 is 1.25 bits per heavy atom. The molecule has 0 heterocycles. The third kappa shape index (κ3) is 13.2. The fraction of sp³-hybridized carbons (Fsp3) is 0.875. The maximum Gasteiger partial charge on any atom is 0.302 e. The van der Waals surface area contributed by atoms with Crippen LogP contribution >= 0.6 is 15.9 Å². The SMILES string of the molecule is CC(=O)OCCCCCCBr.[Zn]. The summed E-state index contributed by atoms with van der Waals surface area (Å²) in [5, 5.41) is 1.07. The average molecular weight is 288 g/mol. The molecule has 12 heavy (non-hydrogen) atoms. The summed E-state index contributed by atoms with van der Waals surface area (Å²) in [7, 11) is 0. The normalized spacial score (nSPS) is 8.83. The molecule has 0 aromatic carbocycles. The minimum absolute atomic E-state index is 0. The molecule has 4 heteroatoms. The van der Waals surface area contributed by atoms with Gasteiger partial charge in [-0.2, -0.15) is 0 Å². The maximum atomic E-state index is 10.3. The van der Waals surface area contributed by atoms with Crippen molar-refractivity contribution < 1.29 is 29.0 Å². The smallest absolute Gasteiger partial charge is 0.302 e. The van der Waals surface area contributed by atoms with Gasteiger partial charge in [-0.15, -0.1) is 0 Å². The second kappa shape index (κ2) is 11.6. The van der Waals surface area contributed by atoms with Gasteiger partial charge in [-0.25, -0.2) is 0 Å². The van der Waals surface area contributed by atoms with Crippen molar-refractivity contribution in [1.82, 2.24) is 0 Å². The molecule has 0 spiro atoms. The number of rotatable bonds is 6. The molecule has 0 radical (unpaired) electrons. The molecule has 0 fully saturated rings. The minimum Gasteiger partial charge on any atom is -0.466 e. The van der Waals surface area contributed by atoms with E-state index < -0.39 is 0 Å². The second-order valence-electron chi connectivity index (χ2n) is 2.44. The summed E-state index contributed by atoms with van der Waals surface area (Å²) in [5.74, 6) is -0.175. The van der Waals surface area contributed by atoms with E-state index in [1.807, 2.05) is 0 Å². The Labute approximate surface area is 95.3 Å². The Balaban J connectivity index is 0. The average Bonchev–Trinajstić information content (AvgIpc) is 1.96. The summed E-state index contributed by atoms with van der Waals surface area (Å²) in [4.78, 5) is 10.3. The van der Waals surface area contributed by atoms with Gasteiger partial charge in [0.1, 0.15) is 0 Å². The van der Waals surface area contributed by atoms with Crippen LogP contribution in [0.25, 0.3) is 0 Å². The van der Waals surface area contributed by atoms with Crippen molar-refractivity contribution >= 4 is 21.9 Å². The van der Waals surface area contributed by atoms with Crippen molar-refractivity contribution in [3.63, 3.8) is 0 Å². The summed E-state index contributed by atoms with van der Waals surface area (Å²) in [6.45, 7) is 2.02. The Bertz CT molecular complexity index is 109. The van der Waals surface area contributed by atoms with Gasteiger partial charge in [0, 0.05) is 31.7 Å². The third-order valence-corrected chi connectivity index (χ3v) is 1.89. The quantitative estimate of drug-likeness (QED) is 0.325. The first-order valence-corrected chi connectivity index (χ1v) is 5.09. The topological polar surface area (TPSA) is 26.3 Å². The molecule has 0 aliphatic carbocycles. The Morgan fingerprint density at radius 3 is 2.33 bits per heavy atom. The monoisotopic (exact) mass is 286 g/mol. The molecule has 68 valence electrons. The van der Waals surface area contributed by atoms with Crippen LogP contribution in [-0.4, -0.2) is 17.9 Å². The number of hydrogen-bond donors (Lipinski definition) is 0. The van der Waals surface area contributed by atoms with Crippen molar-refractivity contribution in [2.24, 2.45) is 0 Å². The van der Waals surface area contributed by atoms with Crippen LogP contribution in [0.2, 0.25) is 0 Å². The number of esters is 1. The summed E-state index contributed by atoms with van der Waals surface area (Å²) in [6, 6.07) is 0. The molecule has 0 aliphatic rings. The first-order chi connectivity index (χ1) is 5.27. The number of halogens is 1. The Morgan fingerprint density at radius 2 is 1.83 bits per heavy atom. The number of carbonyl (C=O) groups excluding carboxylic acids is 1. The molecule has 0 bridgehead atoms. The van der Waals surface area contributed by atoms with E-state index in [1.165, 1.54) is 19.8 Å². The van der Waals surface area contributed by atoms with E-state index >= 15 is 0 Å². The van der Waals surface area contributed by atoms with Gasteiger partial charge in [-0.1, -0.05) is 28.8 Å². The van der Waals surface area contributed by atoms with Gasteiger partial charge >= 0.3 is 5.97 Å². The zero-order valence-electron chi connectivity index (χ0n) is 7.64. The van der Waals surface area contributed by atoms with Crippen LogP contribution < -0.4 is 0 Å². The standard InChI is InChI=1S/C8H15BrO2.Zn/c1-8(10)11-7-5-3-2-4-6-9;/h2-7H2,1H3;. The van der Waals surface area contributed by atoms with E-state index in [9.17, 15) is 4.79 Å². The Kier molecular flexibility index (Phi) is 14.5. The summed E-state index contributed by atoms with van der Waals surface area (Å²) in [6.07, 6.45) is 4.57. The van der Waals surface area contributed by atoms with Gasteiger partial charge in [-0.05, 0) is 12.8 Å². The second-order valence-corrected chi connectivity index (χ2v) is 3.24. The van der Waals surface area contributed by atoms with Gasteiger partial charge < -0.3 is 4.74 Å². The minimum atomic E-state index is -0.175. The molecule has 0 amide bonds. The van der Waals surface area contributed by atoms with Crippen LogP contribution in [-0.2, 0) is 29.0 Å². The van der Waals surface area contributed by atoms with Gasteiger partial charge in [0.05, 0.1) is 6.61 Å². The first-order valence-electron chi connectivity index (χ1n) is 3.96. The molecule has 0 saturated carbocycles. The van der Waals surface area contributed by atoms with Crippen LogP contribution in [0, 0.1) is 0 Å². The molecule has 0 aromatic heterocycles. The van der Waals surface area contributed by atoms with Crippen molar-refractivity contribution in [2.75, 3.05) is 11.9 Å². The largest absolute Gasteiger partial charge is 0.466 e. The van der Waals surface area contributed by atoms with Crippen molar-refractivity contribution in [3.05, 3.63) is 0 Å². The Hall–Kier alpha value is 0.573. The molecule has 0 saturated heterocycles. The molecule has 0 aliphatic heterocycles. The van der Waals surface area contributed by atoms with Gasteiger partial charge in [0.2, 0.25) is 0 Å². The van der Waals surface area contributed by atoms with Crippen LogP contribution in [0.1, 0.15) is 32.6 Å². The van der Waals surface area contributed by atoms with E-state index in [0.717, 1.165) is 18.2 Å². The third-order valence-electron chi connectivity index (χ3n) is 1.33. The molecule has 0 rings (SSSR count). The van der Waals surface area contributed by atoms with Crippen LogP contribution in [0.5, 0.6) is 0 Å². The summed E-state index contributed by atoms with van der Waals surface area (Å²) >= 11 is 3.36. The predicted octanol–water partition coefficient (Wildman–Crippen LogP) is 2.50. The van der Waals surface area contributed by atoms with Gasteiger partial charge in [-0.3, -0.25) is 4.79 Å². The molecule has 0 unspecified atom stereocenters. The predicted molar refractivity (Wildman–Crippen MR) is 48.9 cm³/mol. The van der Waals surface area contributed by atoms with Crippen molar-refractivity contribution in [2.45, 2.75) is 32.6 Å². The van der Waals surface area contributed by atoms with E-state index in [0.29, 0.717) is 6.61 Å². The molecule has 0 N–H and O–H groups in total.